The van der Waals surface area contributed by atoms with Crippen molar-refractivity contribution in [3.63, 3.8) is 0 Å². The standard InChI is InChI=1S/C14H21BrFNO/c1-11(2)18-8-4-3-7-17-10-12-5-6-14(16)13(15)9-12/h5-6,9,11,17H,3-4,7-8,10H2,1-2H3. The first-order chi connectivity index (χ1) is 8.59. The molecule has 4 heteroatoms. The number of rotatable bonds is 8. The Bertz CT molecular complexity index is 358. The van der Waals surface area contributed by atoms with E-state index in [0.717, 1.165) is 38.1 Å². The molecule has 0 heterocycles. The molecule has 1 aromatic rings. The summed E-state index contributed by atoms with van der Waals surface area (Å²) >= 11 is 3.18. The summed E-state index contributed by atoms with van der Waals surface area (Å²) in [4.78, 5) is 0. The Morgan fingerprint density at radius 2 is 2.11 bits per heavy atom. The van der Waals surface area contributed by atoms with Gasteiger partial charge in [0.1, 0.15) is 5.82 Å². The van der Waals surface area contributed by atoms with E-state index in [1.165, 1.54) is 6.07 Å². The first-order valence-electron chi connectivity index (χ1n) is 6.36. The number of halogens is 2. The Morgan fingerprint density at radius 1 is 1.33 bits per heavy atom. The van der Waals surface area contributed by atoms with E-state index in [1.807, 2.05) is 19.9 Å². The quantitative estimate of drug-likeness (QED) is 0.735. The van der Waals surface area contributed by atoms with Gasteiger partial charge in [-0.3, -0.25) is 0 Å². The number of nitrogens with one attached hydrogen (secondary N) is 1. The van der Waals surface area contributed by atoms with Crippen LogP contribution in [0.3, 0.4) is 0 Å². The molecule has 0 spiro atoms. The van der Waals surface area contributed by atoms with E-state index in [2.05, 4.69) is 21.2 Å². The average Bonchev–Trinajstić information content (AvgIpc) is 2.32. The van der Waals surface area contributed by atoms with Gasteiger partial charge in [-0.25, -0.2) is 4.39 Å². The molecule has 0 aliphatic rings. The monoisotopic (exact) mass is 317 g/mol. The lowest BCUT2D eigenvalue weighted by atomic mass is 10.2. The summed E-state index contributed by atoms with van der Waals surface area (Å²) in [5.41, 5.74) is 1.08. The smallest absolute Gasteiger partial charge is 0.137 e. The second-order valence-electron chi connectivity index (χ2n) is 4.55. The van der Waals surface area contributed by atoms with Gasteiger partial charge in [-0.1, -0.05) is 6.07 Å². The number of benzene rings is 1. The van der Waals surface area contributed by atoms with Gasteiger partial charge in [-0.15, -0.1) is 0 Å². The third-order valence-electron chi connectivity index (χ3n) is 2.51. The highest BCUT2D eigenvalue weighted by Gasteiger charge is 2.00. The Morgan fingerprint density at radius 3 is 2.78 bits per heavy atom. The van der Waals surface area contributed by atoms with Crippen LogP contribution < -0.4 is 5.32 Å². The maximum atomic E-state index is 13.0. The zero-order chi connectivity index (χ0) is 13.4. The van der Waals surface area contributed by atoms with E-state index in [0.29, 0.717) is 10.6 Å². The molecular formula is C14H21BrFNO. The fourth-order valence-electron chi connectivity index (χ4n) is 1.55. The Kier molecular flexibility index (Phi) is 7.47. The lowest BCUT2D eigenvalue weighted by molar-refractivity contribution is 0.0760. The third-order valence-corrected chi connectivity index (χ3v) is 3.12. The van der Waals surface area contributed by atoms with E-state index in [9.17, 15) is 4.39 Å². The van der Waals surface area contributed by atoms with E-state index in [-0.39, 0.29) is 5.82 Å². The van der Waals surface area contributed by atoms with Crippen LogP contribution in [0, 0.1) is 5.82 Å². The molecule has 102 valence electrons. The summed E-state index contributed by atoms with van der Waals surface area (Å²) < 4.78 is 19.0. The van der Waals surface area contributed by atoms with Crippen molar-refractivity contribution in [3.8, 4) is 0 Å². The molecule has 0 aromatic heterocycles. The van der Waals surface area contributed by atoms with Gasteiger partial charge in [-0.05, 0) is 66.9 Å². The summed E-state index contributed by atoms with van der Waals surface area (Å²) in [6.07, 6.45) is 2.47. The molecule has 1 N–H and O–H groups in total. The molecule has 0 atom stereocenters. The molecule has 0 aliphatic heterocycles. The van der Waals surface area contributed by atoms with Crippen LogP contribution in [0.5, 0.6) is 0 Å². The van der Waals surface area contributed by atoms with Crippen molar-refractivity contribution in [2.75, 3.05) is 13.2 Å². The highest BCUT2D eigenvalue weighted by Crippen LogP contribution is 2.16. The number of unbranched alkanes of at least 4 members (excludes halogenated alkanes) is 1. The lowest BCUT2D eigenvalue weighted by Crippen LogP contribution is -2.15. The van der Waals surface area contributed by atoms with Gasteiger partial charge in [0, 0.05) is 13.2 Å². The van der Waals surface area contributed by atoms with Gasteiger partial charge < -0.3 is 10.1 Å². The molecule has 0 fully saturated rings. The molecule has 0 bridgehead atoms. The number of hydrogen-bond donors (Lipinski definition) is 1. The van der Waals surface area contributed by atoms with Crippen molar-refractivity contribution in [2.24, 2.45) is 0 Å². The van der Waals surface area contributed by atoms with Crippen LogP contribution in [-0.2, 0) is 11.3 Å². The Balaban J connectivity index is 2.09. The molecule has 0 aliphatic carbocycles. The van der Waals surface area contributed by atoms with E-state index in [1.54, 1.807) is 6.07 Å². The minimum Gasteiger partial charge on any atom is -0.379 e. The van der Waals surface area contributed by atoms with Crippen LogP contribution in [-0.4, -0.2) is 19.3 Å². The molecule has 18 heavy (non-hydrogen) atoms. The van der Waals surface area contributed by atoms with Crippen LogP contribution in [0.4, 0.5) is 4.39 Å². The van der Waals surface area contributed by atoms with Crippen LogP contribution in [0.15, 0.2) is 22.7 Å². The highest BCUT2D eigenvalue weighted by molar-refractivity contribution is 9.10. The van der Waals surface area contributed by atoms with Crippen molar-refractivity contribution in [1.82, 2.24) is 5.32 Å². The van der Waals surface area contributed by atoms with Gasteiger partial charge >= 0.3 is 0 Å². The highest BCUT2D eigenvalue weighted by atomic mass is 79.9. The molecule has 0 unspecified atom stereocenters. The topological polar surface area (TPSA) is 21.3 Å². The van der Waals surface area contributed by atoms with E-state index >= 15 is 0 Å². The number of ether oxygens (including phenoxy) is 1. The summed E-state index contributed by atoms with van der Waals surface area (Å²) in [7, 11) is 0. The summed E-state index contributed by atoms with van der Waals surface area (Å²) in [5.74, 6) is -0.218. The fraction of sp³-hybridized carbons (Fsp3) is 0.571. The lowest BCUT2D eigenvalue weighted by Gasteiger charge is -2.08. The SMILES string of the molecule is CC(C)OCCCCNCc1ccc(F)c(Br)c1. The van der Waals surface area contributed by atoms with E-state index < -0.39 is 0 Å². The van der Waals surface area contributed by atoms with Gasteiger partial charge in [0.2, 0.25) is 0 Å². The molecular weight excluding hydrogens is 297 g/mol. The maximum absolute atomic E-state index is 13.0. The third kappa shape index (κ3) is 6.47. The van der Waals surface area contributed by atoms with Crippen LogP contribution in [0.1, 0.15) is 32.3 Å². The molecule has 0 radical (unpaired) electrons. The number of hydrogen-bond acceptors (Lipinski definition) is 2. The molecule has 2 nitrogen and oxygen atoms in total. The first kappa shape index (κ1) is 15.6. The molecule has 0 saturated heterocycles. The molecule has 1 rings (SSSR count). The summed E-state index contributed by atoms with van der Waals surface area (Å²) in [6, 6.07) is 5.09. The van der Waals surface area contributed by atoms with Crippen LogP contribution >= 0.6 is 15.9 Å². The second kappa shape index (κ2) is 8.62. The van der Waals surface area contributed by atoms with Crippen LogP contribution in [0.2, 0.25) is 0 Å². The summed E-state index contributed by atoms with van der Waals surface area (Å²) in [5, 5.41) is 3.34. The molecule has 0 amide bonds. The molecule has 0 saturated carbocycles. The zero-order valence-corrected chi connectivity index (χ0v) is 12.6. The van der Waals surface area contributed by atoms with Gasteiger partial charge in [0.05, 0.1) is 10.6 Å². The van der Waals surface area contributed by atoms with E-state index in [4.69, 9.17) is 4.74 Å². The summed E-state index contributed by atoms with van der Waals surface area (Å²) in [6.45, 7) is 6.64. The second-order valence-corrected chi connectivity index (χ2v) is 5.41. The maximum Gasteiger partial charge on any atom is 0.137 e. The van der Waals surface area contributed by atoms with Crippen molar-refractivity contribution >= 4 is 15.9 Å². The Hall–Kier alpha value is -0.450. The predicted molar refractivity (Wildman–Crippen MR) is 76.1 cm³/mol. The van der Waals surface area contributed by atoms with Gasteiger partial charge in [0.15, 0.2) is 0 Å². The predicted octanol–water partition coefficient (Wildman–Crippen LogP) is 3.88. The normalized spacial score (nSPS) is 11.2. The minimum atomic E-state index is -0.218. The molecule has 1 aromatic carbocycles. The van der Waals surface area contributed by atoms with Gasteiger partial charge in [-0.2, -0.15) is 0 Å². The van der Waals surface area contributed by atoms with Crippen molar-refractivity contribution in [1.29, 1.82) is 0 Å². The fourth-order valence-corrected chi connectivity index (χ4v) is 1.98. The average molecular weight is 318 g/mol. The largest absolute Gasteiger partial charge is 0.379 e. The van der Waals surface area contributed by atoms with Crippen LogP contribution in [0.25, 0.3) is 0 Å². The van der Waals surface area contributed by atoms with Crippen molar-refractivity contribution < 1.29 is 9.13 Å². The van der Waals surface area contributed by atoms with Gasteiger partial charge in [0.25, 0.3) is 0 Å². The Labute approximate surface area is 117 Å². The van der Waals surface area contributed by atoms with Crippen molar-refractivity contribution in [3.05, 3.63) is 34.1 Å². The zero-order valence-electron chi connectivity index (χ0n) is 11.0. The van der Waals surface area contributed by atoms with Crippen molar-refractivity contribution in [2.45, 2.75) is 39.3 Å². The minimum absolute atomic E-state index is 0.218. The first-order valence-corrected chi connectivity index (χ1v) is 7.15.